The molecule has 2 aromatic carbocycles. The smallest absolute Gasteiger partial charge is 0.0456 e. The lowest BCUT2D eigenvalue weighted by atomic mass is 9.68. The second-order valence-corrected chi connectivity index (χ2v) is 9.00. The Hall–Kier alpha value is -1.68. The molecule has 0 unspecified atom stereocenters. The van der Waals surface area contributed by atoms with Crippen molar-refractivity contribution in [3.05, 3.63) is 71.8 Å². The molecule has 3 heteroatoms. The molecule has 3 rings (SSSR count). The number of rotatable bonds is 6. The van der Waals surface area contributed by atoms with Crippen LogP contribution in [0.4, 0.5) is 0 Å². The zero-order valence-electron chi connectivity index (χ0n) is 17.3. The number of nitrogens with zero attached hydrogens (tertiary/aromatic N) is 1. The van der Waals surface area contributed by atoms with Gasteiger partial charge in [0.1, 0.15) is 0 Å². The van der Waals surface area contributed by atoms with Crippen LogP contribution in [-0.4, -0.2) is 31.1 Å². The molecule has 27 heavy (non-hydrogen) atoms. The maximum atomic E-state index is 6.86. The maximum absolute atomic E-state index is 6.86. The number of hydrogen-bond acceptors (Lipinski definition) is 3. The highest BCUT2D eigenvalue weighted by atomic mass is 15.2. The van der Waals surface area contributed by atoms with E-state index in [9.17, 15) is 0 Å². The van der Waals surface area contributed by atoms with E-state index in [0.717, 1.165) is 32.2 Å². The van der Waals surface area contributed by atoms with Gasteiger partial charge in [-0.2, -0.15) is 0 Å². The van der Waals surface area contributed by atoms with Gasteiger partial charge in [-0.3, -0.25) is 4.90 Å². The van der Waals surface area contributed by atoms with Crippen molar-refractivity contribution in [3.63, 3.8) is 0 Å². The molecule has 3 nitrogen and oxygen atoms in total. The van der Waals surface area contributed by atoms with Gasteiger partial charge >= 0.3 is 0 Å². The van der Waals surface area contributed by atoms with Crippen molar-refractivity contribution in [1.29, 1.82) is 0 Å². The highest BCUT2D eigenvalue weighted by molar-refractivity contribution is 5.27. The zero-order valence-corrected chi connectivity index (χ0v) is 17.3. The summed E-state index contributed by atoms with van der Waals surface area (Å²) in [6.45, 7) is 5.32. The standard InChI is InChI=1S/C24H35N3/c1-22(2,20-11-7-5-8-12-20)26-19-23(25)15-17-24(18-16-23,27(3)4)21-13-9-6-10-14-21/h5-14,26H,15-19,25H2,1-4H3. The average Bonchev–Trinajstić information content (AvgIpc) is 2.69. The van der Waals surface area contributed by atoms with Gasteiger partial charge in [0.2, 0.25) is 0 Å². The van der Waals surface area contributed by atoms with Crippen LogP contribution in [0.2, 0.25) is 0 Å². The van der Waals surface area contributed by atoms with Crippen LogP contribution in [-0.2, 0) is 11.1 Å². The van der Waals surface area contributed by atoms with Crippen LogP contribution >= 0.6 is 0 Å². The lowest BCUT2D eigenvalue weighted by Gasteiger charge is -2.49. The number of nitrogens with one attached hydrogen (secondary N) is 1. The summed E-state index contributed by atoms with van der Waals surface area (Å²) in [4.78, 5) is 2.39. The summed E-state index contributed by atoms with van der Waals surface area (Å²) in [6.07, 6.45) is 4.23. The summed E-state index contributed by atoms with van der Waals surface area (Å²) in [5.41, 5.74) is 9.44. The Labute approximate surface area is 165 Å². The fourth-order valence-corrected chi connectivity index (χ4v) is 4.43. The summed E-state index contributed by atoms with van der Waals surface area (Å²) in [7, 11) is 4.40. The molecule has 0 atom stereocenters. The number of hydrogen-bond donors (Lipinski definition) is 2. The largest absolute Gasteiger partial charge is 0.324 e. The Morgan fingerprint density at radius 1 is 0.889 bits per heavy atom. The van der Waals surface area contributed by atoms with Crippen LogP contribution in [0.3, 0.4) is 0 Å². The minimum atomic E-state index is -0.152. The molecule has 1 aliphatic rings. The molecular weight excluding hydrogens is 330 g/mol. The molecule has 1 saturated carbocycles. The van der Waals surface area contributed by atoms with Gasteiger partial charge in [0.05, 0.1) is 0 Å². The molecular formula is C24H35N3. The van der Waals surface area contributed by atoms with E-state index in [0.29, 0.717) is 0 Å². The van der Waals surface area contributed by atoms with E-state index in [-0.39, 0.29) is 16.6 Å². The highest BCUT2D eigenvalue weighted by Gasteiger charge is 2.43. The average molecular weight is 366 g/mol. The van der Waals surface area contributed by atoms with Crippen molar-refractivity contribution in [1.82, 2.24) is 10.2 Å². The maximum Gasteiger partial charge on any atom is 0.0456 e. The van der Waals surface area contributed by atoms with E-state index < -0.39 is 0 Å². The van der Waals surface area contributed by atoms with Crippen LogP contribution in [0.5, 0.6) is 0 Å². The molecule has 3 N–H and O–H groups in total. The van der Waals surface area contributed by atoms with Gasteiger partial charge in [-0.1, -0.05) is 60.7 Å². The third-order valence-electron chi connectivity index (χ3n) is 6.62. The van der Waals surface area contributed by atoms with E-state index in [1.807, 2.05) is 0 Å². The quantitative estimate of drug-likeness (QED) is 0.804. The predicted molar refractivity (Wildman–Crippen MR) is 115 cm³/mol. The van der Waals surface area contributed by atoms with Gasteiger partial charge in [-0.15, -0.1) is 0 Å². The Kier molecular flexibility index (Phi) is 5.76. The fourth-order valence-electron chi connectivity index (χ4n) is 4.43. The molecule has 2 aromatic rings. The van der Waals surface area contributed by atoms with Gasteiger partial charge in [0.25, 0.3) is 0 Å². The van der Waals surface area contributed by atoms with Crippen molar-refractivity contribution >= 4 is 0 Å². The van der Waals surface area contributed by atoms with Gasteiger partial charge in [0, 0.05) is 23.2 Å². The van der Waals surface area contributed by atoms with Gasteiger partial charge in [0.15, 0.2) is 0 Å². The Morgan fingerprint density at radius 2 is 1.41 bits per heavy atom. The summed E-state index contributed by atoms with van der Waals surface area (Å²) in [6, 6.07) is 21.6. The van der Waals surface area contributed by atoms with Crippen LogP contribution in [0.25, 0.3) is 0 Å². The topological polar surface area (TPSA) is 41.3 Å². The fraction of sp³-hybridized carbons (Fsp3) is 0.500. The molecule has 0 spiro atoms. The molecule has 0 saturated heterocycles. The molecule has 0 radical (unpaired) electrons. The van der Waals surface area contributed by atoms with Crippen LogP contribution in [0, 0.1) is 0 Å². The first-order valence-electron chi connectivity index (χ1n) is 10.1. The molecule has 0 heterocycles. The number of benzene rings is 2. The van der Waals surface area contributed by atoms with E-state index in [1.54, 1.807) is 0 Å². The van der Waals surface area contributed by atoms with Crippen molar-refractivity contribution in [3.8, 4) is 0 Å². The Morgan fingerprint density at radius 3 is 1.93 bits per heavy atom. The molecule has 1 aliphatic carbocycles. The van der Waals surface area contributed by atoms with Crippen molar-refractivity contribution in [2.24, 2.45) is 5.73 Å². The van der Waals surface area contributed by atoms with Gasteiger partial charge in [-0.05, 0) is 64.8 Å². The molecule has 0 amide bonds. The van der Waals surface area contributed by atoms with Crippen LogP contribution in [0.1, 0.15) is 50.7 Å². The summed E-state index contributed by atoms with van der Waals surface area (Å²) >= 11 is 0. The van der Waals surface area contributed by atoms with Gasteiger partial charge < -0.3 is 11.1 Å². The van der Waals surface area contributed by atoms with E-state index in [4.69, 9.17) is 5.73 Å². The minimum Gasteiger partial charge on any atom is -0.324 e. The van der Waals surface area contributed by atoms with E-state index >= 15 is 0 Å². The van der Waals surface area contributed by atoms with Crippen molar-refractivity contribution < 1.29 is 0 Å². The third kappa shape index (κ3) is 4.26. The lowest BCUT2D eigenvalue weighted by Crippen LogP contribution is -2.58. The van der Waals surface area contributed by atoms with E-state index in [2.05, 4.69) is 98.8 Å². The monoisotopic (exact) mass is 365 g/mol. The minimum absolute atomic E-state index is 0.0802. The zero-order chi connectivity index (χ0) is 19.5. The summed E-state index contributed by atoms with van der Waals surface area (Å²) in [5.74, 6) is 0. The lowest BCUT2D eigenvalue weighted by molar-refractivity contribution is 0.0644. The third-order valence-corrected chi connectivity index (χ3v) is 6.62. The summed E-state index contributed by atoms with van der Waals surface area (Å²) in [5, 5.41) is 3.74. The first-order valence-corrected chi connectivity index (χ1v) is 10.1. The SMILES string of the molecule is CN(C)C1(c2ccccc2)CCC(N)(CNC(C)(C)c2ccccc2)CC1. The highest BCUT2D eigenvalue weighted by Crippen LogP contribution is 2.43. The molecule has 0 aliphatic heterocycles. The second kappa shape index (κ2) is 7.75. The van der Waals surface area contributed by atoms with Crippen LogP contribution in [0.15, 0.2) is 60.7 Å². The second-order valence-electron chi connectivity index (χ2n) is 9.00. The molecule has 1 fully saturated rings. The normalized spacial score (nSPS) is 26.3. The van der Waals surface area contributed by atoms with Crippen molar-refractivity contribution in [2.45, 2.75) is 56.1 Å². The molecule has 0 aromatic heterocycles. The first kappa shape index (κ1) is 20.1. The number of nitrogens with two attached hydrogens (primary N) is 1. The Balaban J connectivity index is 1.68. The summed E-state index contributed by atoms with van der Waals surface area (Å²) < 4.78 is 0. The molecule has 146 valence electrons. The van der Waals surface area contributed by atoms with Crippen molar-refractivity contribution in [2.75, 3.05) is 20.6 Å². The predicted octanol–water partition coefficient (Wildman–Crippen LogP) is 4.24. The van der Waals surface area contributed by atoms with Crippen LogP contribution < -0.4 is 11.1 Å². The first-order chi connectivity index (χ1) is 12.8. The molecule has 0 bridgehead atoms. The van der Waals surface area contributed by atoms with E-state index in [1.165, 1.54) is 11.1 Å². The Bertz CT molecular complexity index is 714. The van der Waals surface area contributed by atoms with Gasteiger partial charge in [-0.25, -0.2) is 0 Å².